The van der Waals surface area contributed by atoms with Crippen molar-refractivity contribution in [2.75, 3.05) is 33.4 Å². The van der Waals surface area contributed by atoms with Crippen LogP contribution in [0.4, 0.5) is 0 Å². The van der Waals surface area contributed by atoms with Gasteiger partial charge in [-0.05, 0) is 48.4 Å². The molecule has 34 heavy (non-hydrogen) atoms. The van der Waals surface area contributed by atoms with E-state index in [0.29, 0.717) is 13.2 Å². The summed E-state index contributed by atoms with van der Waals surface area (Å²) in [5.74, 6) is 3.08. The monoisotopic (exact) mass is 477 g/mol. The van der Waals surface area contributed by atoms with Gasteiger partial charge in [0.1, 0.15) is 23.9 Å². The Morgan fingerprint density at radius 3 is 2.47 bits per heavy atom. The summed E-state index contributed by atoms with van der Waals surface area (Å²) >= 11 is 0. The molecule has 5 rings (SSSR count). The van der Waals surface area contributed by atoms with Crippen LogP contribution in [0.3, 0.4) is 0 Å². The zero-order valence-corrected chi connectivity index (χ0v) is 20.4. The Kier molecular flexibility index (Phi) is 8.02. The standard InChI is InChI=1S/C29H31NO3.ClH/c1-31-25-14-15-26-28(20-25)33-21-27(22-8-4-2-5-9-22)29(26)23-10-12-24(13-11-23)32-19-18-30-16-6-3-7-17-30;/h2,4-6,8-16,20,27,29H,3,7,17-19,21H2,1H3;1H. The minimum Gasteiger partial charge on any atom is -0.497 e. The molecule has 0 saturated heterocycles. The van der Waals surface area contributed by atoms with Crippen LogP contribution in [-0.2, 0) is 0 Å². The molecule has 5 heteroatoms. The molecule has 2 unspecified atom stereocenters. The molecule has 2 aliphatic rings. The van der Waals surface area contributed by atoms with Crippen molar-refractivity contribution >= 4 is 12.4 Å². The van der Waals surface area contributed by atoms with Crippen LogP contribution in [0.2, 0.25) is 0 Å². The maximum absolute atomic E-state index is 6.20. The minimum absolute atomic E-state index is 0. The summed E-state index contributed by atoms with van der Waals surface area (Å²) in [5.41, 5.74) is 3.75. The Labute approximate surface area is 208 Å². The summed E-state index contributed by atoms with van der Waals surface area (Å²) in [4.78, 5) is 2.33. The van der Waals surface area contributed by atoms with Gasteiger partial charge in [0.2, 0.25) is 0 Å². The average Bonchev–Trinajstić information content (AvgIpc) is 2.89. The summed E-state index contributed by atoms with van der Waals surface area (Å²) in [5, 5.41) is 0. The van der Waals surface area contributed by atoms with Crippen LogP contribution < -0.4 is 14.2 Å². The third kappa shape index (κ3) is 5.34. The maximum Gasteiger partial charge on any atom is 0.126 e. The van der Waals surface area contributed by atoms with Crippen molar-refractivity contribution in [3.05, 3.63) is 102 Å². The van der Waals surface area contributed by atoms with E-state index < -0.39 is 0 Å². The van der Waals surface area contributed by atoms with Crippen LogP contribution in [0.1, 0.15) is 41.4 Å². The first-order valence-electron chi connectivity index (χ1n) is 11.8. The molecule has 2 heterocycles. The Hall–Kier alpha value is -3.11. The lowest BCUT2D eigenvalue weighted by atomic mass is 9.76. The number of methoxy groups -OCH3 is 1. The molecule has 0 fully saturated rings. The van der Waals surface area contributed by atoms with Gasteiger partial charge in [-0.2, -0.15) is 0 Å². The molecule has 0 bridgehead atoms. The van der Waals surface area contributed by atoms with Crippen molar-refractivity contribution in [1.82, 2.24) is 4.90 Å². The summed E-state index contributed by atoms with van der Waals surface area (Å²) in [7, 11) is 1.69. The molecular weight excluding hydrogens is 446 g/mol. The molecular formula is C29H32ClNO3. The third-order valence-electron chi connectivity index (χ3n) is 6.62. The number of hydrogen-bond donors (Lipinski definition) is 0. The first kappa shape index (κ1) is 24.0. The topological polar surface area (TPSA) is 30.9 Å². The van der Waals surface area contributed by atoms with E-state index in [4.69, 9.17) is 14.2 Å². The normalized spacial score (nSPS) is 18.9. The number of rotatable bonds is 7. The first-order valence-corrected chi connectivity index (χ1v) is 11.8. The number of nitrogens with zero attached hydrogens (tertiary/aromatic N) is 1. The molecule has 0 aliphatic carbocycles. The molecule has 0 aromatic heterocycles. The number of ether oxygens (including phenoxy) is 3. The lowest BCUT2D eigenvalue weighted by molar-refractivity contribution is 0.246. The van der Waals surface area contributed by atoms with Crippen LogP contribution in [0.5, 0.6) is 17.2 Å². The van der Waals surface area contributed by atoms with Crippen molar-refractivity contribution in [1.29, 1.82) is 0 Å². The molecule has 3 aromatic carbocycles. The van der Waals surface area contributed by atoms with Gasteiger partial charge < -0.3 is 19.1 Å². The lowest BCUT2D eigenvalue weighted by Gasteiger charge is -2.34. The van der Waals surface area contributed by atoms with Gasteiger partial charge >= 0.3 is 0 Å². The smallest absolute Gasteiger partial charge is 0.126 e. The Balaban J connectivity index is 0.00000274. The third-order valence-corrected chi connectivity index (χ3v) is 6.62. The molecule has 4 nitrogen and oxygen atoms in total. The molecule has 0 amide bonds. The second-order valence-electron chi connectivity index (χ2n) is 8.69. The molecule has 0 spiro atoms. The Bertz CT molecular complexity index is 1080. The van der Waals surface area contributed by atoms with E-state index in [1.54, 1.807) is 7.11 Å². The van der Waals surface area contributed by atoms with Crippen molar-refractivity contribution in [2.24, 2.45) is 0 Å². The van der Waals surface area contributed by atoms with Crippen molar-refractivity contribution in [2.45, 2.75) is 24.7 Å². The van der Waals surface area contributed by atoms with Crippen molar-refractivity contribution in [3.8, 4) is 17.2 Å². The molecule has 0 N–H and O–H groups in total. The van der Waals surface area contributed by atoms with Gasteiger partial charge in [-0.25, -0.2) is 0 Å². The van der Waals surface area contributed by atoms with E-state index >= 15 is 0 Å². The van der Waals surface area contributed by atoms with Gasteiger partial charge in [-0.15, -0.1) is 12.4 Å². The zero-order valence-electron chi connectivity index (χ0n) is 19.6. The fourth-order valence-electron chi connectivity index (χ4n) is 4.87. The highest BCUT2D eigenvalue weighted by Gasteiger charge is 2.33. The van der Waals surface area contributed by atoms with Gasteiger partial charge in [-0.3, -0.25) is 0 Å². The molecule has 178 valence electrons. The predicted octanol–water partition coefficient (Wildman–Crippen LogP) is 6.41. The summed E-state index contributed by atoms with van der Waals surface area (Å²) < 4.78 is 17.7. The van der Waals surface area contributed by atoms with Crippen LogP contribution in [0.15, 0.2) is 85.1 Å². The number of hydrogen-bond acceptors (Lipinski definition) is 4. The van der Waals surface area contributed by atoms with Gasteiger partial charge in [0.05, 0.1) is 20.3 Å². The lowest BCUT2D eigenvalue weighted by Crippen LogP contribution is -2.26. The van der Waals surface area contributed by atoms with Crippen LogP contribution in [0.25, 0.3) is 0 Å². The van der Waals surface area contributed by atoms with Gasteiger partial charge in [-0.1, -0.05) is 54.6 Å². The largest absolute Gasteiger partial charge is 0.497 e. The van der Waals surface area contributed by atoms with E-state index in [-0.39, 0.29) is 24.2 Å². The summed E-state index contributed by atoms with van der Waals surface area (Å²) in [6.07, 6.45) is 6.84. The van der Waals surface area contributed by atoms with Gasteiger partial charge in [0, 0.05) is 30.0 Å². The fraction of sp³-hybridized carbons (Fsp3) is 0.310. The van der Waals surface area contributed by atoms with E-state index in [9.17, 15) is 0 Å². The van der Waals surface area contributed by atoms with E-state index in [0.717, 1.165) is 30.3 Å². The molecule has 2 aliphatic heterocycles. The van der Waals surface area contributed by atoms with Gasteiger partial charge in [0.15, 0.2) is 0 Å². The summed E-state index contributed by atoms with van der Waals surface area (Å²) in [6, 6.07) is 25.4. The Morgan fingerprint density at radius 1 is 0.941 bits per heavy atom. The van der Waals surface area contributed by atoms with Crippen LogP contribution >= 0.6 is 12.4 Å². The Morgan fingerprint density at radius 2 is 1.74 bits per heavy atom. The molecule has 2 atom stereocenters. The SMILES string of the molecule is COc1ccc2c(c1)OCC(c1ccccc1)C2c1ccc(OCCN2C=CCCC2)cc1.Cl. The molecule has 0 radical (unpaired) electrons. The number of benzene rings is 3. The molecule has 3 aromatic rings. The summed E-state index contributed by atoms with van der Waals surface area (Å²) in [6.45, 7) is 3.36. The second kappa shape index (κ2) is 11.3. The number of halogens is 1. The van der Waals surface area contributed by atoms with Crippen molar-refractivity contribution in [3.63, 3.8) is 0 Å². The van der Waals surface area contributed by atoms with E-state index in [1.807, 2.05) is 12.1 Å². The average molecular weight is 478 g/mol. The number of allylic oxidation sites excluding steroid dienone is 1. The van der Waals surface area contributed by atoms with Gasteiger partial charge in [0.25, 0.3) is 0 Å². The highest BCUT2D eigenvalue weighted by atomic mass is 35.5. The van der Waals surface area contributed by atoms with E-state index in [1.165, 1.54) is 29.5 Å². The number of fused-ring (bicyclic) bond motifs is 1. The van der Waals surface area contributed by atoms with Crippen LogP contribution in [0, 0.1) is 0 Å². The fourth-order valence-corrected chi connectivity index (χ4v) is 4.87. The highest BCUT2D eigenvalue weighted by Crippen LogP contribution is 2.47. The van der Waals surface area contributed by atoms with Crippen molar-refractivity contribution < 1.29 is 14.2 Å². The first-order chi connectivity index (χ1) is 16.3. The highest BCUT2D eigenvalue weighted by molar-refractivity contribution is 5.85. The minimum atomic E-state index is 0. The molecule has 0 saturated carbocycles. The van der Waals surface area contributed by atoms with E-state index in [2.05, 4.69) is 77.8 Å². The second-order valence-corrected chi connectivity index (χ2v) is 8.69. The van der Waals surface area contributed by atoms with Crippen LogP contribution in [-0.4, -0.2) is 38.3 Å². The quantitative estimate of drug-likeness (QED) is 0.393. The zero-order chi connectivity index (χ0) is 22.5. The maximum atomic E-state index is 6.20. The predicted molar refractivity (Wildman–Crippen MR) is 139 cm³/mol.